The predicted octanol–water partition coefficient (Wildman–Crippen LogP) is 3.32. The van der Waals surface area contributed by atoms with E-state index in [1.54, 1.807) is 0 Å². The van der Waals surface area contributed by atoms with Crippen LogP contribution in [0.2, 0.25) is 5.02 Å². The molecule has 0 bridgehead atoms. The molecular formula is C14H23ClN2. The van der Waals surface area contributed by atoms with Gasteiger partial charge in [0.2, 0.25) is 0 Å². The van der Waals surface area contributed by atoms with Crippen molar-refractivity contribution in [3.8, 4) is 0 Å². The third kappa shape index (κ3) is 4.66. The molecule has 0 aliphatic rings. The van der Waals surface area contributed by atoms with Crippen molar-refractivity contribution in [1.82, 2.24) is 4.90 Å². The number of nitrogens with zero attached hydrogens (tertiary/aromatic N) is 1. The molecule has 1 atom stereocenters. The highest BCUT2D eigenvalue weighted by Gasteiger charge is 2.20. The molecule has 0 saturated heterocycles. The highest BCUT2D eigenvalue weighted by molar-refractivity contribution is 6.30. The Balaban J connectivity index is 2.80. The molecule has 2 N–H and O–H groups in total. The Kier molecular flexibility index (Phi) is 4.99. The van der Waals surface area contributed by atoms with Crippen LogP contribution in [0, 0.1) is 5.41 Å². The number of hydrogen-bond acceptors (Lipinski definition) is 2. The number of nitrogens with two attached hydrogens (primary N) is 1. The summed E-state index contributed by atoms with van der Waals surface area (Å²) in [5.41, 5.74) is 7.39. The number of benzene rings is 1. The molecule has 96 valence electrons. The molecule has 2 nitrogen and oxygen atoms in total. The molecule has 17 heavy (non-hydrogen) atoms. The quantitative estimate of drug-likeness (QED) is 0.893. The van der Waals surface area contributed by atoms with Gasteiger partial charge in [-0.15, -0.1) is 0 Å². The summed E-state index contributed by atoms with van der Waals surface area (Å²) in [6.45, 7) is 8.34. The summed E-state index contributed by atoms with van der Waals surface area (Å²) in [5, 5.41) is 0.767. The topological polar surface area (TPSA) is 29.3 Å². The van der Waals surface area contributed by atoms with Crippen molar-refractivity contribution in [1.29, 1.82) is 0 Å². The first kappa shape index (κ1) is 14.5. The van der Waals surface area contributed by atoms with Gasteiger partial charge in [0.25, 0.3) is 0 Å². The first-order chi connectivity index (χ1) is 7.83. The molecule has 0 aromatic heterocycles. The third-order valence-electron chi connectivity index (χ3n) is 2.73. The fourth-order valence-electron chi connectivity index (χ4n) is 2.11. The van der Waals surface area contributed by atoms with Crippen molar-refractivity contribution in [3.05, 3.63) is 34.9 Å². The number of hydrogen-bond donors (Lipinski definition) is 1. The highest BCUT2D eigenvalue weighted by Crippen LogP contribution is 2.24. The highest BCUT2D eigenvalue weighted by atomic mass is 35.5. The van der Waals surface area contributed by atoms with Gasteiger partial charge in [-0.3, -0.25) is 4.90 Å². The molecule has 0 spiro atoms. The van der Waals surface area contributed by atoms with Gasteiger partial charge in [0.1, 0.15) is 0 Å². The molecule has 0 aliphatic heterocycles. The average Bonchev–Trinajstić information content (AvgIpc) is 2.19. The van der Waals surface area contributed by atoms with E-state index in [4.69, 9.17) is 17.3 Å². The van der Waals surface area contributed by atoms with Crippen LogP contribution in [0.15, 0.2) is 24.3 Å². The van der Waals surface area contributed by atoms with E-state index >= 15 is 0 Å². The monoisotopic (exact) mass is 254 g/mol. The van der Waals surface area contributed by atoms with Gasteiger partial charge < -0.3 is 5.73 Å². The summed E-state index contributed by atoms with van der Waals surface area (Å²) in [7, 11) is 2.12. The van der Waals surface area contributed by atoms with Crippen LogP contribution in [0.1, 0.15) is 32.4 Å². The first-order valence-corrected chi connectivity index (χ1v) is 6.37. The molecule has 0 heterocycles. The minimum absolute atomic E-state index is 0.256. The second kappa shape index (κ2) is 5.85. The molecular weight excluding hydrogens is 232 g/mol. The first-order valence-electron chi connectivity index (χ1n) is 5.99. The van der Waals surface area contributed by atoms with Crippen LogP contribution in [0.3, 0.4) is 0 Å². The fourth-order valence-corrected chi connectivity index (χ4v) is 2.24. The van der Waals surface area contributed by atoms with Crippen molar-refractivity contribution < 1.29 is 0 Å². The van der Waals surface area contributed by atoms with Crippen molar-refractivity contribution in [3.63, 3.8) is 0 Å². The van der Waals surface area contributed by atoms with E-state index in [-0.39, 0.29) is 11.5 Å². The zero-order chi connectivity index (χ0) is 13.1. The van der Waals surface area contributed by atoms with Crippen molar-refractivity contribution in [2.45, 2.75) is 26.8 Å². The van der Waals surface area contributed by atoms with E-state index in [9.17, 15) is 0 Å². The standard InChI is InChI=1S/C14H23ClN2/c1-14(2,3)10-17(4)13(9-16)11-5-7-12(15)8-6-11/h5-8,13H,9-10,16H2,1-4H3. The van der Waals surface area contributed by atoms with Gasteiger partial charge in [0.05, 0.1) is 0 Å². The van der Waals surface area contributed by atoms with Gasteiger partial charge in [-0.25, -0.2) is 0 Å². The van der Waals surface area contributed by atoms with E-state index in [2.05, 4.69) is 44.9 Å². The predicted molar refractivity (Wildman–Crippen MR) is 75.3 cm³/mol. The normalized spacial score (nSPS) is 14.1. The molecule has 0 fully saturated rings. The lowest BCUT2D eigenvalue weighted by molar-refractivity contribution is 0.176. The van der Waals surface area contributed by atoms with Crippen molar-refractivity contribution >= 4 is 11.6 Å². The summed E-state index contributed by atoms with van der Waals surface area (Å²) in [6, 6.07) is 8.21. The number of halogens is 1. The van der Waals surface area contributed by atoms with Crippen LogP contribution in [-0.2, 0) is 0 Å². The summed E-state index contributed by atoms with van der Waals surface area (Å²) in [5.74, 6) is 0. The zero-order valence-electron chi connectivity index (χ0n) is 11.2. The fraction of sp³-hybridized carbons (Fsp3) is 0.571. The lowest BCUT2D eigenvalue weighted by atomic mass is 9.94. The molecule has 0 aliphatic carbocycles. The van der Waals surface area contributed by atoms with E-state index < -0.39 is 0 Å². The van der Waals surface area contributed by atoms with Gasteiger partial charge >= 0.3 is 0 Å². The molecule has 1 rings (SSSR count). The number of rotatable bonds is 4. The minimum Gasteiger partial charge on any atom is -0.329 e. The maximum absolute atomic E-state index is 5.90. The maximum Gasteiger partial charge on any atom is 0.0467 e. The van der Waals surface area contributed by atoms with Crippen LogP contribution < -0.4 is 5.73 Å². The number of likely N-dealkylation sites (N-methyl/N-ethyl adjacent to an activating group) is 1. The Morgan fingerprint density at radius 1 is 1.24 bits per heavy atom. The van der Waals surface area contributed by atoms with Gasteiger partial charge in [-0.05, 0) is 30.2 Å². The Hall–Kier alpha value is -0.570. The Morgan fingerprint density at radius 3 is 2.18 bits per heavy atom. The second-order valence-electron chi connectivity index (χ2n) is 5.78. The zero-order valence-corrected chi connectivity index (χ0v) is 12.0. The molecule has 1 aromatic rings. The Bertz CT molecular complexity index is 340. The Labute approximate surface area is 110 Å². The van der Waals surface area contributed by atoms with Gasteiger partial charge in [-0.2, -0.15) is 0 Å². The van der Waals surface area contributed by atoms with Crippen LogP contribution >= 0.6 is 11.6 Å². The molecule has 0 amide bonds. The van der Waals surface area contributed by atoms with Gasteiger partial charge in [0.15, 0.2) is 0 Å². The third-order valence-corrected chi connectivity index (χ3v) is 2.99. The second-order valence-corrected chi connectivity index (χ2v) is 6.22. The summed E-state index contributed by atoms with van der Waals surface area (Å²) < 4.78 is 0. The lowest BCUT2D eigenvalue weighted by Gasteiger charge is -2.33. The molecule has 1 unspecified atom stereocenters. The van der Waals surface area contributed by atoms with E-state index in [1.807, 2.05) is 12.1 Å². The van der Waals surface area contributed by atoms with Crippen LogP contribution in [-0.4, -0.2) is 25.0 Å². The Morgan fingerprint density at radius 2 is 1.76 bits per heavy atom. The molecule has 0 saturated carbocycles. The maximum atomic E-state index is 5.90. The van der Waals surface area contributed by atoms with Crippen LogP contribution in [0.4, 0.5) is 0 Å². The van der Waals surface area contributed by atoms with Crippen molar-refractivity contribution in [2.75, 3.05) is 20.1 Å². The smallest absolute Gasteiger partial charge is 0.0467 e. The van der Waals surface area contributed by atoms with Crippen LogP contribution in [0.5, 0.6) is 0 Å². The molecule has 3 heteroatoms. The summed E-state index contributed by atoms with van der Waals surface area (Å²) >= 11 is 5.90. The SMILES string of the molecule is CN(CC(C)(C)C)C(CN)c1ccc(Cl)cc1. The van der Waals surface area contributed by atoms with Crippen LogP contribution in [0.25, 0.3) is 0 Å². The van der Waals surface area contributed by atoms with Crippen molar-refractivity contribution in [2.24, 2.45) is 11.1 Å². The lowest BCUT2D eigenvalue weighted by Crippen LogP contribution is -2.36. The average molecular weight is 255 g/mol. The van der Waals surface area contributed by atoms with E-state index in [0.717, 1.165) is 11.6 Å². The van der Waals surface area contributed by atoms with Gasteiger partial charge in [-0.1, -0.05) is 44.5 Å². The summed E-state index contributed by atoms with van der Waals surface area (Å²) in [4.78, 5) is 2.31. The van der Waals surface area contributed by atoms with E-state index in [1.165, 1.54) is 5.56 Å². The van der Waals surface area contributed by atoms with E-state index in [0.29, 0.717) is 6.54 Å². The van der Waals surface area contributed by atoms with Gasteiger partial charge in [0, 0.05) is 24.2 Å². The summed E-state index contributed by atoms with van der Waals surface area (Å²) in [6.07, 6.45) is 0. The molecule has 0 radical (unpaired) electrons. The largest absolute Gasteiger partial charge is 0.329 e. The molecule has 1 aromatic carbocycles. The minimum atomic E-state index is 0.256.